The maximum atomic E-state index is 11.6. The zero-order valence-corrected chi connectivity index (χ0v) is 13.1. The largest absolute Gasteiger partial charge is 0.508 e. The first-order valence-electron chi connectivity index (χ1n) is 6.23. The summed E-state index contributed by atoms with van der Waals surface area (Å²) >= 11 is 3.06. The molecule has 0 spiro atoms. The second-order valence-corrected chi connectivity index (χ2v) is 7.16. The first-order valence-corrected chi connectivity index (χ1v) is 8.03. The van der Waals surface area contributed by atoms with Gasteiger partial charge in [-0.05, 0) is 38.5 Å². The molecule has 3 rings (SSSR count). The normalized spacial score (nSPS) is 22.2. The number of carbonyl (C=O) groups is 1. The number of rotatable bonds is 2. The van der Waals surface area contributed by atoms with Crippen LogP contribution in [0.25, 0.3) is 10.2 Å². The van der Waals surface area contributed by atoms with Crippen LogP contribution >= 0.6 is 23.1 Å². The summed E-state index contributed by atoms with van der Waals surface area (Å²) in [6.07, 6.45) is 0. The number of thiazole rings is 1. The molecule has 0 saturated carbocycles. The molecule has 104 valence electrons. The molecule has 0 saturated heterocycles. The summed E-state index contributed by atoms with van der Waals surface area (Å²) < 4.78 is 0.933. The smallest absolute Gasteiger partial charge is 0.157 e. The van der Waals surface area contributed by atoms with Crippen LogP contribution < -0.4 is 0 Å². The summed E-state index contributed by atoms with van der Waals surface area (Å²) in [5.74, 6) is 1.02. The lowest BCUT2D eigenvalue weighted by molar-refractivity contribution is -0.120. The zero-order valence-electron chi connectivity index (χ0n) is 11.4. The molecule has 1 aromatic carbocycles. The summed E-state index contributed by atoms with van der Waals surface area (Å²) in [6.45, 7) is 5.29. The van der Waals surface area contributed by atoms with Gasteiger partial charge in [0.15, 0.2) is 5.78 Å². The van der Waals surface area contributed by atoms with Gasteiger partial charge < -0.3 is 5.11 Å². The second kappa shape index (κ2) is 4.56. The topological polar surface area (TPSA) is 62.5 Å². The van der Waals surface area contributed by atoms with Crippen molar-refractivity contribution in [3.8, 4) is 5.75 Å². The van der Waals surface area contributed by atoms with E-state index in [0.717, 1.165) is 25.8 Å². The molecule has 1 N–H and O–H groups in total. The number of ketones is 1. The van der Waals surface area contributed by atoms with Gasteiger partial charge in [0.2, 0.25) is 0 Å². The van der Waals surface area contributed by atoms with Crippen molar-refractivity contribution in [3.63, 3.8) is 0 Å². The van der Waals surface area contributed by atoms with E-state index < -0.39 is 5.54 Å². The molecule has 20 heavy (non-hydrogen) atoms. The van der Waals surface area contributed by atoms with Gasteiger partial charge in [0, 0.05) is 5.75 Å². The van der Waals surface area contributed by atoms with Crippen LogP contribution in [0.3, 0.4) is 0 Å². The third-order valence-corrected chi connectivity index (χ3v) is 5.90. The predicted molar refractivity (Wildman–Crippen MR) is 84.1 cm³/mol. The Balaban J connectivity index is 2.06. The number of phenols is 1. The molecule has 0 fully saturated rings. The Morgan fingerprint density at radius 2 is 2.20 bits per heavy atom. The maximum absolute atomic E-state index is 11.6. The minimum atomic E-state index is -0.629. The van der Waals surface area contributed by atoms with Gasteiger partial charge in [-0.2, -0.15) is 0 Å². The molecule has 6 heteroatoms. The number of aromatic hydroxyl groups is 1. The van der Waals surface area contributed by atoms with Crippen molar-refractivity contribution in [2.24, 2.45) is 4.99 Å². The van der Waals surface area contributed by atoms with Crippen LogP contribution in [0.15, 0.2) is 17.1 Å². The summed E-state index contributed by atoms with van der Waals surface area (Å²) in [7, 11) is 0. The van der Waals surface area contributed by atoms with E-state index >= 15 is 0 Å². The van der Waals surface area contributed by atoms with Crippen molar-refractivity contribution >= 4 is 44.1 Å². The van der Waals surface area contributed by atoms with Gasteiger partial charge in [-0.1, -0.05) is 0 Å². The highest BCUT2D eigenvalue weighted by molar-refractivity contribution is 8.15. The Hall–Kier alpha value is -1.40. The van der Waals surface area contributed by atoms with Crippen LogP contribution in [0.2, 0.25) is 0 Å². The van der Waals surface area contributed by atoms with Crippen LogP contribution in [0.4, 0.5) is 0 Å². The SMILES string of the molecule is CC(=O)C1(C)CSC(c2nc3cc(C)c(O)cc3s2)=N1. The number of thioether (sulfide) groups is 1. The average molecular weight is 306 g/mol. The molecule has 0 aliphatic carbocycles. The number of carbonyl (C=O) groups excluding carboxylic acids is 1. The Morgan fingerprint density at radius 1 is 1.45 bits per heavy atom. The molecule has 0 bridgehead atoms. The number of phenolic OH excluding ortho intramolecular Hbond substituents is 1. The fourth-order valence-electron chi connectivity index (χ4n) is 1.95. The van der Waals surface area contributed by atoms with Gasteiger partial charge >= 0.3 is 0 Å². The van der Waals surface area contributed by atoms with Crippen molar-refractivity contribution in [1.82, 2.24) is 4.98 Å². The van der Waals surface area contributed by atoms with E-state index in [0.29, 0.717) is 5.75 Å². The number of hydrogen-bond donors (Lipinski definition) is 1. The van der Waals surface area contributed by atoms with Gasteiger partial charge in [0.25, 0.3) is 0 Å². The highest BCUT2D eigenvalue weighted by Gasteiger charge is 2.36. The number of aliphatic imine (C=N–C) groups is 1. The van der Waals surface area contributed by atoms with E-state index in [1.54, 1.807) is 24.8 Å². The molecule has 1 atom stereocenters. The zero-order chi connectivity index (χ0) is 14.5. The van der Waals surface area contributed by atoms with Crippen molar-refractivity contribution in [1.29, 1.82) is 0 Å². The van der Waals surface area contributed by atoms with Crippen LogP contribution in [-0.4, -0.2) is 32.2 Å². The van der Waals surface area contributed by atoms with Gasteiger partial charge in [0.05, 0.1) is 10.2 Å². The number of aryl methyl sites for hydroxylation is 1. The van der Waals surface area contributed by atoms with Crippen LogP contribution in [-0.2, 0) is 4.79 Å². The Morgan fingerprint density at radius 3 is 2.85 bits per heavy atom. The van der Waals surface area contributed by atoms with E-state index in [1.807, 2.05) is 19.9 Å². The molecule has 4 nitrogen and oxygen atoms in total. The Labute approximate surface area is 124 Å². The lowest BCUT2D eigenvalue weighted by atomic mass is 10.0. The van der Waals surface area contributed by atoms with E-state index in [4.69, 9.17) is 0 Å². The first-order chi connectivity index (χ1) is 9.39. The molecule has 1 aromatic heterocycles. The fourth-order valence-corrected chi connectivity index (χ4v) is 4.23. The number of benzene rings is 1. The molecule has 1 aliphatic heterocycles. The molecular formula is C14H14N2O2S2. The first kappa shape index (κ1) is 13.6. The minimum absolute atomic E-state index is 0.0783. The molecule has 0 radical (unpaired) electrons. The lowest BCUT2D eigenvalue weighted by Gasteiger charge is -2.13. The Kier molecular flexibility index (Phi) is 3.10. The molecule has 1 aliphatic rings. The molecular weight excluding hydrogens is 292 g/mol. The van der Waals surface area contributed by atoms with Crippen molar-refractivity contribution in [2.75, 3.05) is 5.75 Å². The van der Waals surface area contributed by atoms with Crippen LogP contribution in [0.1, 0.15) is 24.4 Å². The molecule has 2 heterocycles. The third kappa shape index (κ3) is 2.13. The number of nitrogens with zero attached hydrogens (tertiary/aromatic N) is 2. The van der Waals surface area contributed by atoms with Gasteiger partial charge in [-0.3, -0.25) is 9.79 Å². The average Bonchev–Trinajstić information content (AvgIpc) is 2.95. The maximum Gasteiger partial charge on any atom is 0.157 e. The van der Waals surface area contributed by atoms with E-state index in [1.165, 1.54) is 11.3 Å². The van der Waals surface area contributed by atoms with E-state index in [-0.39, 0.29) is 11.5 Å². The van der Waals surface area contributed by atoms with Gasteiger partial charge in [-0.15, -0.1) is 23.1 Å². The highest BCUT2D eigenvalue weighted by atomic mass is 32.2. The number of Topliss-reactive ketones (excluding diaryl/α,β-unsaturated/α-hetero) is 1. The molecule has 0 amide bonds. The molecule has 2 aromatic rings. The number of hydrogen-bond acceptors (Lipinski definition) is 6. The van der Waals surface area contributed by atoms with Crippen molar-refractivity contribution in [3.05, 3.63) is 22.7 Å². The second-order valence-electron chi connectivity index (χ2n) is 5.16. The minimum Gasteiger partial charge on any atom is -0.508 e. The summed E-state index contributed by atoms with van der Waals surface area (Å²) in [5.41, 5.74) is 1.04. The van der Waals surface area contributed by atoms with Crippen molar-refractivity contribution in [2.45, 2.75) is 26.3 Å². The van der Waals surface area contributed by atoms with E-state index in [9.17, 15) is 9.90 Å². The Bertz CT molecular complexity index is 712. The van der Waals surface area contributed by atoms with E-state index in [2.05, 4.69) is 9.98 Å². The number of aromatic nitrogens is 1. The summed E-state index contributed by atoms with van der Waals surface area (Å²) in [4.78, 5) is 20.7. The quantitative estimate of drug-likeness (QED) is 0.926. The highest BCUT2D eigenvalue weighted by Crippen LogP contribution is 2.35. The monoisotopic (exact) mass is 306 g/mol. The summed E-state index contributed by atoms with van der Waals surface area (Å²) in [6, 6.07) is 3.60. The van der Waals surface area contributed by atoms with Crippen molar-refractivity contribution < 1.29 is 9.90 Å². The lowest BCUT2D eigenvalue weighted by Crippen LogP contribution is -2.31. The summed E-state index contributed by atoms with van der Waals surface area (Å²) in [5, 5.41) is 11.4. The van der Waals surface area contributed by atoms with Crippen LogP contribution in [0.5, 0.6) is 5.75 Å². The number of fused-ring (bicyclic) bond motifs is 1. The third-order valence-electron chi connectivity index (χ3n) is 3.49. The van der Waals surface area contributed by atoms with Crippen LogP contribution in [0, 0.1) is 6.92 Å². The van der Waals surface area contributed by atoms with Gasteiger partial charge in [0.1, 0.15) is 21.3 Å². The standard InChI is InChI=1S/C14H14N2O2S2/c1-7-4-9-11(5-10(7)18)20-12(15-9)13-16-14(3,6-19-13)8(2)17/h4-5,18H,6H2,1-3H3. The predicted octanol–water partition coefficient (Wildman–Crippen LogP) is 3.15. The molecule has 1 unspecified atom stereocenters. The fraction of sp³-hybridized carbons (Fsp3) is 0.357. The van der Waals surface area contributed by atoms with Gasteiger partial charge in [-0.25, -0.2) is 4.98 Å².